The van der Waals surface area contributed by atoms with Crippen LogP contribution in [-0.4, -0.2) is 52.9 Å². The predicted octanol–water partition coefficient (Wildman–Crippen LogP) is 0.965. The van der Waals surface area contributed by atoms with E-state index in [1.54, 1.807) is 22.6 Å². The molecule has 0 bridgehead atoms. The van der Waals surface area contributed by atoms with Gasteiger partial charge in [0.1, 0.15) is 5.69 Å². The molecule has 0 saturated heterocycles. The van der Waals surface area contributed by atoms with Gasteiger partial charge in [-0.2, -0.15) is 0 Å². The van der Waals surface area contributed by atoms with Crippen LogP contribution in [0.3, 0.4) is 0 Å². The minimum Gasteiger partial charge on any atom is -0.347 e. The van der Waals surface area contributed by atoms with Gasteiger partial charge < -0.3 is 14.4 Å². The summed E-state index contributed by atoms with van der Waals surface area (Å²) in [4.78, 5) is 27.2. The summed E-state index contributed by atoms with van der Waals surface area (Å²) in [6.45, 7) is 5.32. The molecular weight excluding hydrogens is 230 g/mol. The van der Waals surface area contributed by atoms with Crippen LogP contribution in [0.2, 0.25) is 0 Å². The summed E-state index contributed by atoms with van der Waals surface area (Å²) in [6.07, 6.45) is 1.81. The topological polar surface area (TPSA) is 45.6 Å². The van der Waals surface area contributed by atoms with E-state index in [-0.39, 0.29) is 18.4 Å². The van der Waals surface area contributed by atoms with E-state index in [4.69, 9.17) is 0 Å². The highest BCUT2D eigenvalue weighted by Crippen LogP contribution is 2.04. The Bertz CT molecular complexity index is 422. The van der Waals surface area contributed by atoms with E-state index in [0.29, 0.717) is 18.8 Å². The first-order valence-corrected chi connectivity index (χ1v) is 6.15. The number of hydrogen-bond donors (Lipinski definition) is 0. The van der Waals surface area contributed by atoms with Gasteiger partial charge in [0.25, 0.3) is 5.91 Å². The molecule has 5 nitrogen and oxygen atoms in total. The Morgan fingerprint density at radius 2 is 1.89 bits per heavy atom. The average Bonchev–Trinajstić information content (AvgIpc) is 2.76. The molecule has 1 heterocycles. The van der Waals surface area contributed by atoms with Crippen LogP contribution in [0.15, 0.2) is 18.3 Å². The first kappa shape index (κ1) is 14.3. The number of rotatable bonds is 5. The van der Waals surface area contributed by atoms with Crippen molar-refractivity contribution in [3.8, 4) is 0 Å². The highest BCUT2D eigenvalue weighted by molar-refractivity contribution is 5.95. The molecular formula is C13H21N3O2. The molecule has 0 spiro atoms. The van der Waals surface area contributed by atoms with Gasteiger partial charge >= 0.3 is 0 Å². The van der Waals surface area contributed by atoms with E-state index in [1.165, 1.54) is 4.90 Å². The smallest absolute Gasteiger partial charge is 0.270 e. The first-order chi connectivity index (χ1) is 8.51. The van der Waals surface area contributed by atoms with Gasteiger partial charge in [-0.05, 0) is 26.0 Å². The molecule has 100 valence electrons. The lowest BCUT2D eigenvalue weighted by molar-refractivity contribution is -0.131. The second-order valence-electron chi connectivity index (χ2n) is 4.23. The number of likely N-dealkylation sites (N-methyl/N-ethyl adjacent to an activating group) is 2. The third-order valence-electron chi connectivity index (χ3n) is 3.00. The summed E-state index contributed by atoms with van der Waals surface area (Å²) in [5, 5.41) is 0. The summed E-state index contributed by atoms with van der Waals surface area (Å²) >= 11 is 0. The van der Waals surface area contributed by atoms with Crippen LogP contribution >= 0.6 is 0 Å². The molecule has 18 heavy (non-hydrogen) atoms. The Hall–Kier alpha value is -1.78. The lowest BCUT2D eigenvalue weighted by atomic mass is 10.3. The van der Waals surface area contributed by atoms with Gasteiger partial charge in [0.15, 0.2) is 0 Å². The van der Waals surface area contributed by atoms with Crippen molar-refractivity contribution in [1.29, 1.82) is 0 Å². The van der Waals surface area contributed by atoms with Crippen molar-refractivity contribution in [2.75, 3.05) is 26.7 Å². The molecule has 0 radical (unpaired) electrons. The minimum absolute atomic E-state index is 0.0231. The number of hydrogen-bond acceptors (Lipinski definition) is 2. The normalized spacial score (nSPS) is 10.2. The van der Waals surface area contributed by atoms with E-state index in [0.717, 1.165) is 0 Å². The van der Waals surface area contributed by atoms with Crippen LogP contribution in [0.5, 0.6) is 0 Å². The monoisotopic (exact) mass is 251 g/mol. The van der Waals surface area contributed by atoms with E-state index in [1.807, 2.05) is 33.2 Å². The fourth-order valence-electron chi connectivity index (χ4n) is 1.83. The second-order valence-corrected chi connectivity index (χ2v) is 4.23. The number of nitrogens with zero attached hydrogens (tertiary/aromatic N) is 3. The van der Waals surface area contributed by atoms with Gasteiger partial charge in [-0.3, -0.25) is 9.59 Å². The zero-order valence-corrected chi connectivity index (χ0v) is 11.5. The molecule has 0 unspecified atom stereocenters. The Kier molecular flexibility index (Phi) is 4.95. The minimum atomic E-state index is -0.136. The molecule has 0 atom stereocenters. The van der Waals surface area contributed by atoms with Crippen molar-refractivity contribution in [3.63, 3.8) is 0 Å². The van der Waals surface area contributed by atoms with Crippen molar-refractivity contribution in [2.24, 2.45) is 7.05 Å². The number of aromatic nitrogens is 1. The average molecular weight is 251 g/mol. The van der Waals surface area contributed by atoms with Crippen LogP contribution in [0.4, 0.5) is 0 Å². The number of carbonyl (C=O) groups is 2. The van der Waals surface area contributed by atoms with Crippen LogP contribution in [0, 0.1) is 0 Å². The predicted molar refractivity (Wildman–Crippen MR) is 70.3 cm³/mol. The van der Waals surface area contributed by atoms with Crippen molar-refractivity contribution >= 4 is 11.8 Å². The maximum atomic E-state index is 12.1. The maximum Gasteiger partial charge on any atom is 0.270 e. The molecule has 0 aromatic carbocycles. The van der Waals surface area contributed by atoms with Crippen LogP contribution in [-0.2, 0) is 11.8 Å². The highest BCUT2D eigenvalue weighted by Gasteiger charge is 2.19. The molecule has 0 aliphatic carbocycles. The largest absolute Gasteiger partial charge is 0.347 e. The fraction of sp³-hybridized carbons (Fsp3) is 0.538. The van der Waals surface area contributed by atoms with Gasteiger partial charge in [0, 0.05) is 33.4 Å². The Labute approximate surface area is 108 Å². The summed E-state index contributed by atoms with van der Waals surface area (Å²) in [5.74, 6) is -0.159. The summed E-state index contributed by atoms with van der Waals surface area (Å²) in [6, 6.07) is 3.56. The van der Waals surface area contributed by atoms with Gasteiger partial charge in [-0.1, -0.05) is 0 Å². The molecule has 0 aliphatic rings. The van der Waals surface area contributed by atoms with Crippen molar-refractivity contribution < 1.29 is 9.59 Å². The molecule has 1 rings (SSSR count). The zero-order chi connectivity index (χ0) is 13.7. The van der Waals surface area contributed by atoms with E-state index < -0.39 is 0 Å². The SMILES string of the molecule is CCN(CC)C(=O)CN(C)C(=O)c1cccn1C. The van der Waals surface area contributed by atoms with E-state index in [2.05, 4.69) is 0 Å². The van der Waals surface area contributed by atoms with Crippen molar-refractivity contribution in [2.45, 2.75) is 13.8 Å². The number of carbonyl (C=O) groups excluding carboxylic acids is 2. The fourth-order valence-corrected chi connectivity index (χ4v) is 1.83. The second kappa shape index (κ2) is 6.23. The van der Waals surface area contributed by atoms with Gasteiger partial charge in [0.2, 0.25) is 5.91 Å². The lowest BCUT2D eigenvalue weighted by Crippen LogP contribution is -2.41. The lowest BCUT2D eigenvalue weighted by Gasteiger charge is -2.23. The first-order valence-electron chi connectivity index (χ1n) is 6.15. The summed E-state index contributed by atoms with van der Waals surface area (Å²) < 4.78 is 1.75. The van der Waals surface area contributed by atoms with Crippen molar-refractivity contribution in [1.82, 2.24) is 14.4 Å². The number of aryl methyl sites for hydroxylation is 1. The summed E-state index contributed by atoms with van der Waals surface area (Å²) in [5.41, 5.74) is 0.588. The Balaban J connectivity index is 2.66. The summed E-state index contributed by atoms with van der Waals surface area (Å²) in [7, 11) is 3.46. The van der Waals surface area contributed by atoms with Gasteiger partial charge in [0.05, 0.1) is 6.54 Å². The van der Waals surface area contributed by atoms with Crippen LogP contribution in [0.25, 0.3) is 0 Å². The molecule has 1 aromatic heterocycles. The Morgan fingerprint density at radius 1 is 1.28 bits per heavy atom. The quantitative estimate of drug-likeness (QED) is 0.782. The Morgan fingerprint density at radius 3 is 2.33 bits per heavy atom. The molecule has 1 aromatic rings. The zero-order valence-electron chi connectivity index (χ0n) is 11.5. The molecule has 0 saturated carbocycles. The van der Waals surface area contributed by atoms with Gasteiger partial charge in [-0.15, -0.1) is 0 Å². The van der Waals surface area contributed by atoms with Crippen LogP contribution in [0.1, 0.15) is 24.3 Å². The third kappa shape index (κ3) is 3.12. The molecule has 0 aliphatic heterocycles. The molecule has 5 heteroatoms. The standard InChI is InChI=1S/C13H21N3O2/c1-5-16(6-2)12(17)10-15(4)13(18)11-8-7-9-14(11)3/h7-9H,5-6,10H2,1-4H3. The van der Waals surface area contributed by atoms with Gasteiger partial charge in [-0.25, -0.2) is 0 Å². The van der Waals surface area contributed by atoms with Crippen LogP contribution < -0.4 is 0 Å². The number of amides is 2. The highest BCUT2D eigenvalue weighted by atomic mass is 16.2. The molecule has 2 amide bonds. The molecule has 0 fully saturated rings. The maximum absolute atomic E-state index is 12.1. The van der Waals surface area contributed by atoms with E-state index >= 15 is 0 Å². The molecule has 0 N–H and O–H groups in total. The third-order valence-corrected chi connectivity index (χ3v) is 3.00. The van der Waals surface area contributed by atoms with Crippen molar-refractivity contribution in [3.05, 3.63) is 24.0 Å². The van der Waals surface area contributed by atoms with E-state index in [9.17, 15) is 9.59 Å².